The predicted molar refractivity (Wildman–Crippen MR) is 87.4 cm³/mol. The van der Waals surface area contributed by atoms with Gasteiger partial charge in [-0.3, -0.25) is 10.1 Å². The third-order valence-electron chi connectivity index (χ3n) is 3.10. The van der Waals surface area contributed by atoms with Crippen molar-refractivity contribution < 1.29 is 22.8 Å². The lowest BCUT2D eigenvalue weighted by Crippen LogP contribution is -2.01. The van der Waals surface area contributed by atoms with E-state index < -0.39 is 14.9 Å². The average Bonchev–Trinajstić information content (AvgIpc) is 2.59. The van der Waals surface area contributed by atoms with E-state index in [4.69, 9.17) is 9.47 Å². The van der Waals surface area contributed by atoms with Gasteiger partial charge in [0.2, 0.25) is 5.75 Å². The summed E-state index contributed by atoms with van der Waals surface area (Å²) in [5, 5.41) is 11.1. The van der Waals surface area contributed by atoms with Crippen molar-refractivity contribution in [1.82, 2.24) is 0 Å². The maximum atomic E-state index is 12.1. The van der Waals surface area contributed by atoms with Crippen LogP contribution >= 0.6 is 0 Å². The highest BCUT2D eigenvalue weighted by Gasteiger charge is 2.19. The summed E-state index contributed by atoms with van der Waals surface area (Å²) in [5.41, 5.74) is -0.179. The Hall–Kier alpha value is -2.94. The first-order valence-corrected chi connectivity index (χ1v) is 8.09. The Morgan fingerprint density at radius 2 is 1.71 bits per heavy atom. The first kappa shape index (κ1) is 17.4. The molecule has 8 nitrogen and oxygen atoms in total. The van der Waals surface area contributed by atoms with Crippen molar-refractivity contribution in [2.45, 2.75) is 4.90 Å². The molecule has 9 heteroatoms. The molecule has 2 aromatic rings. The third kappa shape index (κ3) is 3.69. The van der Waals surface area contributed by atoms with Gasteiger partial charge in [0, 0.05) is 17.7 Å². The maximum Gasteiger partial charge on any atom is 0.311 e. The van der Waals surface area contributed by atoms with Gasteiger partial charge < -0.3 is 9.47 Å². The number of ether oxygens (including phenoxy) is 2. The zero-order chi connectivity index (χ0) is 17.7. The van der Waals surface area contributed by atoms with Crippen LogP contribution in [0, 0.1) is 10.1 Å². The molecule has 0 aliphatic carbocycles. The molecule has 0 bridgehead atoms. The minimum Gasteiger partial charge on any atom is -0.496 e. The molecule has 24 heavy (non-hydrogen) atoms. The second kappa shape index (κ2) is 7.09. The first-order chi connectivity index (χ1) is 11.4. The fraction of sp³-hybridized carbons (Fsp3) is 0.133. The van der Waals surface area contributed by atoms with Crippen LogP contribution < -0.4 is 9.47 Å². The van der Waals surface area contributed by atoms with Gasteiger partial charge in [-0.1, -0.05) is 18.2 Å². The summed E-state index contributed by atoms with van der Waals surface area (Å²) in [6, 6.07) is 10.1. The molecule has 0 spiro atoms. The molecular weight excluding hydrogens is 336 g/mol. The smallest absolute Gasteiger partial charge is 0.311 e. The van der Waals surface area contributed by atoms with E-state index in [0.717, 1.165) is 12.3 Å². The lowest BCUT2D eigenvalue weighted by atomic mass is 10.2. The molecule has 2 rings (SSSR count). The van der Waals surface area contributed by atoms with Crippen LogP contribution in [0.3, 0.4) is 0 Å². The minimum absolute atomic E-state index is 0.0000773. The first-order valence-electron chi connectivity index (χ1n) is 6.65. The van der Waals surface area contributed by atoms with Crippen LogP contribution in [0.2, 0.25) is 0 Å². The van der Waals surface area contributed by atoms with Crippen LogP contribution in [-0.2, 0) is 10.0 Å². The van der Waals surface area contributed by atoms with Crippen molar-refractivity contribution >= 4 is 21.9 Å². The molecule has 2 aromatic carbocycles. The van der Waals surface area contributed by atoms with Gasteiger partial charge in [0.05, 0.1) is 30.3 Å². The van der Waals surface area contributed by atoms with Crippen LogP contribution in [0.5, 0.6) is 11.5 Å². The largest absolute Gasteiger partial charge is 0.496 e. The topological polar surface area (TPSA) is 108 Å². The van der Waals surface area contributed by atoms with Crippen LogP contribution in [0.15, 0.2) is 51.8 Å². The zero-order valence-electron chi connectivity index (χ0n) is 12.9. The number of rotatable bonds is 6. The highest BCUT2D eigenvalue weighted by Crippen LogP contribution is 2.33. The van der Waals surface area contributed by atoms with Gasteiger partial charge in [-0.05, 0) is 12.1 Å². The van der Waals surface area contributed by atoms with Gasteiger partial charge in [0.15, 0.2) is 0 Å². The normalized spacial score (nSPS) is 11.4. The standard InChI is InChI=1S/C15H14N2O6S/c1-22-14-9-15(23-2)13(17(18)19)8-11(14)10-16-24(20,21)12-6-4-3-5-7-12/h3-10H,1-2H3/b16-10-. The van der Waals surface area contributed by atoms with E-state index in [-0.39, 0.29) is 27.6 Å². The molecule has 0 N–H and O–H groups in total. The molecule has 0 radical (unpaired) electrons. The maximum absolute atomic E-state index is 12.1. The van der Waals surface area contributed by atoms with Gasteiger partial charge in [-0.2, -0.15) is 12.8 Å². The fourth-order valence-electron chi connectivity index (χ4n) is 1.93. The predicted octanol–water partition coefficient (Wildman–Crippen LogP) is 2.42. The number of nitrogens with zero attached hydrogens (tertiary/aromatic N) is 2. The molecule has 0 aliphatic heterocycles. The van der Waals surface area contributed by atoms with Crippen molar-refractivity contribution in [3.05, 3.63) is 58.1 Å². The summed E-state index contributed by atoms with van der Waals surface area (Å²) in [6.07, 6.45) is 1.01. The van der Waals surface area contributed by atoms with Gasteiger partial charge >= 0.3 is 5.69 Å². The number of nitro benzene ring substituents is 1. The van der Waals surface area contributed by atoms with Crippen LogP contribution in [-0.4, -0.2) is 33.8 Å². The monoisotopic (exact) mass is 350 g/mol. The van der Waals surface area contributed by atoms with Crippen molar-refractivity contribution in [2.24, 2.45) is 4.40 Å². The minimum atomic E-state index is -3.92. The fourth-order valence-corrected chi connectivity index (χ4v) is 2.80. The molecule has 0 aliphatic rings. The number of hydrogen-bond donors (Lipinski definition) is 0. The zero-order valence-corrected chi connectivity index (χ0v) is 13.7. The third-order valence-corrected chi connectivity index (χ3v) is 4.35. The van der Waals surface area contributed by atoms with Gasteiger partial charge in [0.1, 0.15) is 5.75 Å². The van der Waals surface area contributed by atoms with Crippen molar-refractivity contribution in [3.8, 4) is 11.5 Å². The Bertz CT molecular complexity index is 878. The molecule has 126 valence electrons. The number of benzene rings is 2. The van der Waals surface area contributed by atoms with Crippen LogP contribution in [0.1, 0.15) is 5.56 Å². The van der Waals surface area contributed by atoms with E-state index in [1.54, 1.807) is 18.2 Å². The van der Waals surface area contributed by atoms with Crippen molar-refractivity contribution in [1.29, 1.82) is 0 Å². The lowest BCUT2D eigenvalue weighted by Gasteiger charge is -2.08. The average molecular weight is 350 g/mol. The second-order valence-electron chi connectivity index (χ2n) is 4.55. The van der Waals surface area contributed by atoms with Crippen molar-refractivity contribution in [3.63, 3.8) is 0 Å². The summed E-state index contributed by atoms with van der Waals surface area (Å²) in [4.78, 5) is 10.5. The molecule has 0 fully saturated rings. The Morgan fingerprint density at radius 3 is 2.25 bits per heavy atom. The summed E-state index contributed by atoms with van der Waals surface area (Å²) >= 11 is 0. The molecule has 0 amide bonds. The number of hydrogen-bond acceptors (Lipinski definition) is 6. The van der Waals surface area contributed by atoms with Crippen LogP contribution in [0.4, 0.5) is 5.69 Å². The highest BCUT2D eigenvalue weighted by atomic mass is 32.2. The van der Waals surface area contributed by atoms with E-state index in [1.807, 2.05) is 0 Å². The van der Waals surface area contributed by atoms with Crippen LogP contribution in [0.25, 0.3) is 0 Å². The summed E-state index contributed by atoms with van der Waals surface area (Å²) in [7, 11) is -1.28. The summed E-state index contributed by atoms with van der Waals surface area (Å²) in [6.45, 7) is 0. The SMILES string of the molecule is COc1cc(OC)c([N+](=O)[O-])cc1/C=N\S(=O)(=O)c1ccccc1. The summed E-state index contributed by atoms with van der Waals surface area (Å²) < 4.78 is 37.9. The van der Waals surface area contributed by atoms with E-state index in [1.165, 1.54) is 32.4 Å². The van der Waals surface area contributed by atoms with E-state index in [0.29, 0.717) is 0 Å². The van der Waals surface area contributed by atoms with Gasteiger partial charge in [-0.25, -0.2) is 0 Å². The molecule has 0 saturated carbocycles. The highest BCUT2D eigenvalue weighted by molar-refractivity contribution is 7.90. The number of nitro groups is 1. The molecule has 0 aromatic heterocycles. The Labute approximate surface area is 138 Å². The van der Waals surface area contributed by atoms with Gasteiger partial charge in [-0.15, -0.1) is 0 Å². The van der Waals surface area contributed by atoms with Crippen molar-refractivity contribution in [2.75, 3.05) is 14.2 Å². The molecule has 0 unspecified atom stereocenters. The summed E-state index contributed by atoms with van der Waals surface area (Å²) in [5.74, 6) is 0.198. The Kier molecular flexibility index (Phi) is 5.14. The molecular formula is C15H14N2O6S. The lowest BCUT2D eigenvalue weighted by molar-refractivity contribution is -0.385. The van der Waals surface area contributed by atoms with E-state index >= 15 is 0 Å². The van der Waals surface area contributed by atoms with E-state index in [9.17, 15) is 18.5 Å². The molecule has 0 heterocycles. The Balaban J connectivity index is 2.49. The van der Waals surface area contributed by atoms with Gasteiger partial charge in [0.25, 0.3) is 10.0 Å². The second-order valence-corrected chi connectivity index (χ2v) is 6.18. The number of sulfonamides is 1. The van der Waals surface area contributed by atoms with E-state index in [2.05, 4.69) is 4.40 Å². The number of methoxy groups -OCH3 is 2. The Morgan fingerprint density at radius 1 is 1.08 bits per heavy atom. The quantitative estimate of drug-likeness (QED) is 0.450. The molecule has 0 atom stereocenters. The molecule has 0 saturated heterocycles.